The van der Waals surface area contributed by atoms with Crippen LogP contribution in [0.1, 0.15) is 5.69 Å². The number of hydrogen-bond donors (Lipinski definition) is 1. The fourth-order valence-electron chi connectivity index (χ4n) is 1.86. The number of rotatable bonds is 2. The molecule has 1 aromatic carbocycles. The Kier molecular flexibility index (Phi) is 2.69. The zero-order valence-corrected chi connectivity index (χ0v) is 10.5. The second-order valence-electron chi connectivity index (χ2n) is 4.10. The van der Waals surface area contributed by atoms with Crippen molar-refractivity contribution in [1.29, 1.82) is 5.26 Å². The first-order valence-electron chi connectivity index (χ1n) is 5.77. The van der Waals surface area contributed by atoms with Crippen LogP contribution in [0.2, 0.25) is 0 Å². The van der Waals surface area contributed by atoms with Crippen molar-refractivity contribution < 1.29 is 4.42 Å². The van der Waals surface area contributed by atoms with Gasteiger partial charge in [0.2, 0.25) is 0 Å². The number of anilines is 2. The average Bonchev–Trinajstić information content (AvgIpc) is 2.74. The number of nitriles is 1. The third kappa shape index (κ3) is 1.89. The molecule has 0 saturated carbocycles. The second kappa shape index (κ2) is 4.51. The van der Waals surface area contributed by atoms with Gasteiger partial charge in [-0.2, -0.15) is 5.26 Å². The first-order chi connectivity index (χ1) is 9.69. The van der Waals surface area contributed by atoms with Crippen molar-refractivity contribution in [2.45, 2.75) is 0 Å². The molecule has 0 fully saturated rings. The molecule has 0 spiro atoms. The number of aromatic nitrogens is 3. The summed E-state index contributed by atoms with van der Waals surface area (Å²) in [6.45, 7) is 0. The van der Waals surface area contributed by atoms with Gasteiger partial charge in [-0.15, -0.1) is 0 Å². The number of benzene rings is 1. The zero-order chi connectivity index (χ0) is 14.1. The van der Waals surface area contributed by atoms with E-state index in [1.807, 2.05) is 6.07 Å². The Morgan fingerprint density at radius 3 is 2.95 bits per heavy atom. The summed E-state index contributed by atoms with van der Waals surface area (Å²) in [5.41, 5.74) is 2.01. The molecular weight excluding hydrogens is 258 g/mol. The topological polar surface area (TPSA) is 96.7 Å². The standard InChI is InChI=1S/C13H9N5O2/c1-18-10-3-2-8(6-11(10)20-13(18)19)17-12-9(7-14)15-4-5-16-12/h2-6H,1H3,(H,16,17). The highest BCUT2D eigenvalue weighted by atomic mass is 16.4. The van der Waals surface area contributed by atoms with E-state index in [0.29, 0.717) is 22.6 Å². The van der Waals surface area contributed by atoms with Gasteiger partial charge in [-0.1, -0.05) is 0 Å². The summed E-state index contributed by atoms with van der Waals surface area (Å²) in [4.78, 5) is 19.4. The van der Waals surface area contributed by atoms with E-state index in [0.717, 1.165) is 0 Å². The Bertz CT molecular complexity index is 888. The van der Waals surface area contributed by atoms with Gasteiger partial charge in [0.05, 0.1) is 5.52 Å². The normalized spacial score (nSPS) is 10.4. The molecule has 2 heterocycles. The number of hydrogen-bond acceptors (Lipinski definition) is 6. The fourth-order valence-corrected chi connectivity index (χ4v) is 1.86. The lowest BCUT2D eigenvalue weighted by Gasteiger charge is -2.05. The summed E-state index contributed by atoms with van der Waals surface area (Å²) < 4.78 is 6.52. The molecule has 0 aliphatic heterocycles. The van der Waals surface area contributed by atoms with Gasteiger partial charge in [0.15, 0.2) is 17.1 Å². The SMILES string of the molecule is Cn1c(=O)oc2cc(Nc3nccnc3C#N)ccc21. The van der Waals surface area contributed by atoms with Gasteiger partial charge in [0.1, 0.15) is 6.07 Å². The van der Waals surface area contributed by atoms with E-state index < -0.39 is 5.76 Å². The van der Waals surface area contributed by atoms with Gasteiger partial charge >= 0.3 is 5.76 Å². The van der Waals surface area contributed by atoms with Crippen molar-refractivity contribution in [3.05, 3.63) is 46.8 Å². The maximum atomic E-state index is 11.4. The molecule has 0 atom stereocenters. The van der Waals surface area contributed by atoms with Crippen LogP contribution in [0.15, 0.2) is 39.8 Å². The quantitative estimate of drug-likeness (QED) is 0.756. The smallest absolute Gasteiger partial charge is 0.408 e. The first-order valence-corrected chi connectivity index (χ1v) is 5.77. The number of fused-ring (bicyclic) bond motifs is 1. The molecule has 3 rings (SSSR count). The lowest BCUT2D eigenvalue weighted by molar-refractivity contribution is 0.528. The Morgan fingerprint density at radius 1 is 1.35 bits per heavy atom. The highest BCUT2D eigenvalue weighted by Crippen LogP contribution is 2.21. The minimum absolute atomic E-state index is 0.196. The van der Waals surface area contributed by atoms with Crippen LogP contribution in [-0.4, -0.2) is 14.5 Å². The molecule has 98 valence electrons. The van der Waals surface area contributed by atoms with Crippen molar-refractivity contribution >= 4 is 22.6 Å². The largest absolute Gasteiger partial charge is 0.419 e. The average molecular weight is 267 g/mol. The maximum absolute atomic E-state index is 11.4. The summed E-state index contributed by atoms with van der Waals surface area (Å²) in [5, 5.41) is 11.9. The van der Waals surface area contributed by atoms with Gasteiger partial charge in [-0.05, 0) is 12.1 Å². The lowest BCUT2D eigenvalue weighted by Crippen LogP contribution is -2.08. The van der Waals surface area contributed by atoms with Crippen LogP contribution < -0.4 is 11.1 Å². The van der Waals surface area contributed by atoms with Gasteiger partial charge < -0.3 is 9.73 Å². The van der Waals surface area contributed by atoms with E-state index in [-0.39, 0.29) is 5.69 Å². The zero-order valence-electron chi connectivity index (χ0n) is 10.5. The highest BCUT2D eigenvalue weighted by molar-refractivity contribution is 5.79. The van der Waals surface area contributed by atoms with Gasteiger partial charge in [0, 0.05) is 31.2 Å². The van der Waals surface area contributed by atoms with Crippen molar-refractivity contribution in [3.63, 3.8) is 0 Å². The van der Waals surface area contributed by atoms with E-state index in [4.69, 9.17) is 9.68 Å². The van der Waals surface area contributed by atoms with Crippen LogP contribution in [0.5, 0.6) is 0 Å². The monoisotopic (exact) mass is 267 g/mol. The molecular formula is C13H9N5O2. The van der Waals surface area contributed by atoms with Crippen LogP contribution in [-0.2, 0) is 7.05 Å². The number of oxazole rings is 1. The molecule has 0 saturated heterocycles. The minimum Gasteiger partial charge on any atom is -0.408 e. The molecule has 7 heteroatoms. The van der Waals surface area contributed by atoms with E-state index in [1.54, 1.807) is 25.2 Å². The van der Waals surface area contributed by atoms with Gasteiger partial charge in [-0.3, -0.25) is 4.57 Å². The van der Waals surface area contributed by atoms with E-state index in [2.05, 4.69) is 15.3 Å². The summed E-state index contributed by atoms with van der Waals surface area (Å²) in [6.07, 6.45) is 2.94. The van der Waals surface area contributed by atoms with Crippen LogP contribution in [0.25, 0.3) is 11.1 Å². The van der Waals surface area contributed by atoms with Crippen LogP contribution >= 0.6 is 0 Å². The van der Waals surface area contributed by atoms with Crippen molar-refractivity contribution in [2.75, 3.05) is 5.32 Å². The Balaban J connectivity index is 2.03. The predicted octanol–water partition coefficient (Wildman–Crippen LogP) is 1.54. The number of aryl methyl sites for hydroxylation is 1. The molecule has 7 nitrogen and oxygen atoms in total. The van der Waals surface area contributed by atoms with E-state index in [1.165, 1.54) is 17.0 Å². The number of nitrogens with one attached hydrogen (secondary N) is 1. The molecule has 0 amide bonds. The van der Waals surface area contributed by atoms with Crippen LogP contribution in [0.3, 0.4) is 0 Å². The Hall–Kier alpha value is -3.14. The van der Waals surface area contributed by atoms with Gasteiger partial charge in [0.25, 0.3) is 0 Å². The van der Waals surface area contributed by atoms with Gasteiger partial charge in [-0.25, -0.2) is 14.8 Å². The first kappa shape index (κ1) is 11.9. The molecule has 0 bridgehead atoms. The third-order valence-corrected chi connectivity index (χ3v) is 2.86. The lowest BCUT2D eigenvalue weighted by atomic mass is 10.2. The molecule has 0 aliphatic carbocycles. The Labute approximate surface area is 113 Å². The molecule has 1 N–H and O–H groups in total. The molecule has 0 radical (unpaired) electrons. The molecule has 0 aliphatic rings. The fraction of sp³-hybridized carbons (Fsp3) is 0.0769. The van der Waals surface area contributed by atoms with Crippen molar-refractivity contribution in [1.82, 2.24) is 14.5 Å². The van der Waals surface area contributed by atoms with E-state index >= 15 is 0 Å². The summed E-state index contributed by atoms with van der Waals surface area (Å²) >= 11 is 0. The predicted molar refractivity (Wildman–Crippen MR) is 71.5 cm³/mol. The van der Waals surface area contributed by atoms with Crippen molar-refractivity contribution in [3.8, 4) is 6.07 Å². The maximum Gasteiger partial charge on any atom is 0.419 e. The highest BCUT2D eigenvalue weighted by Gasteiger charge is 2.08. The molecule has 3 aromatic rings. The molecule has 20 heavy (non-hydrogen) atoms. The summed E-state index contributed by atoms with van der Waals surface area (Å²) in [7, 11) is 1.64. The number of nitrogens with zero attached hydrogens (tertiary/aromatic N) is 4. The second-order valence-corrected chi connectivity index (χ2v) is 4.10. The summed E-state index contributed by atoms with van der Waals surface area (Å²) in [5.74, 6) is -0.0676. The molecule has 0 unspecified atom stereocenters. The Morgan fingerprint density at radius 2 is 2.15 bits per heavy atom. The van der Waals surface area contributed by atoms with Crippen LogP contribution in [0, 0.1) is 11.3 Å². The van der Waals surface area contributed by atoms with E-state index in [9.17, 15) is 4.79 Å². The third-order valence-electron chi connectivity index (χ3n) is 2.86. The minimum atomic E-state index is -0.422. The van der Waals surface area contributed by atoms with Crippen molar-refractivity contribution in [2.24, 2.45) is 7.05 Å². The van der Waals surface area contributed by atoms with Crippen LogP contribution in [0.4, 0.5) is 11.5 Å². The summed E-state index contributed by atoms with van der Waals surface area (Å²) in [6, 6.07) is 7.15. The molecule has 2 aromatic heterocycles.